The van der Waals surface area contributed by atoms with Gasteiger partial charge in [0.25, 0.3) is 0 Å². The molecule has 0 amide bonds. The van der Waals surface area contributed by atoms with Gasteiger partial charge in [-0.15, -0.1) is 0 Å². The minimum atomic E-state index is 0.400. The van der Waals surface area contributed by atoms with Gasteiger partial charge in [-0.05, 0) is 49.8 Å². The smallest absolute Gasteiger partial charge is 0.119 e. The van der Waals surface area contributed by atoms with E-state index in [2.05, 4.69) is 45.0 Å². The molecule has 1 heteroatoms. The average molecular weight is 361 g/mol. The Morgan fingerprint density at radius 1 is 0.615 bits per heavy atom. The molecule has 150 valence electrons. The molecule has 1 aromatic rings. The largest absolute Gasteiger partial charge is 0.490 e. The molecule has 26 heavy (non-hydrogen) atoms. The Hall–Kier alpha value is -0.980. The third-order valence-electron chi connectivity index (χ3n) is 5.30. The van der Waals surface area contributed by atoms with Crippen molar-refractivity contribution in [3.8, 4) is 5.75 Å². The summed E-state index contributed by atoms with van der Waals surface area (Å²) in [6.45, 7) is 6.81. The van der Waals surface area contributed by atoms with Crippen LogP contribution in [0.4, 0.5) is 0 Å². The van der Waals surface area contributed by atoms with Gasteiger partial charge >= 0.3 is 0 Å². The molecule has 1 aromatic carbocycles. The van der Waals surface area contributed by atoms with Gasteiger partial charge in [0.05, 0.1) is 6.10 Å². The summed E-state index contributed by atoms with van der Waals surface area (Å²) < 4.78 is 6.34. The van der Waals surface area contributed by atoms with Crippen molar-refractivity contribution in [1.82, 2.24) is 0 Å². The van der Waals surface area contributed by atoms with Gasteiger partial charge in [0, 0.05) is 0 Å². The normalized spacial score (nSPS) is 12.3. The zero-order chi connectivity index (χ0) is 18.9. The Morgan fingerprint density at radius 3 is 1.77 bits per heavy atom. The zero-order valence-electron chi connectivity index (χ0n) is 17.9. The van der Waals surface area contributed by atoms with Crippen molar-refractivity contribution in [2.24, 2.45) is 0 Å². The molecule has 0 aliphatic rings. The van der Waals surface area contributed by atoms with Gasteiger partial charge in [0.2, 0.25) is 0 Å². The van der Waals surface area contributed by atoms with Crippen LogP contribution in [0.15, 0.2) is 24.3 Å². The van der Waals surface area contributed by atoms with E-state index < -0.39 is 0 Å². The third-order valence-corrected chi connectivity index (χ3v) is 5.30. The summed E-state index contributed by atoms with van der Waals surface area (Å²) in [5.41, 5.74) is 1.44. The summed E-state index contributed by atoms with van der Waals surface area (Å²) in [4.78, 5) is 0. The lowest BCUT2D eigenvalue weighted by Gasteiger charge is -2.19. The highest BCUT2D eigenvalue weighted by molar-refractivity contribution is 5.27. The Morgan fingerprint density at radius 2 is 1.15 bits per heavy atom. The highest BCUT2D eigenvalue weighted by atomic mass is 16.5. The van der Waals surface area contributed by atoms with Crippen LogP contribution in [-0.2, 0) is 6.42 Å². The summed E-state index contributed by atoms with van der Waals surface area (Å²) >= 11 is 0. The summed E-state index contributed by atoms with van der Waals surface area (Å²) in [5, 5.41) is 0. The minimum Gasteiger partial charge on any atom is -0.490 e. The van der Waals surface area contributed by atoms with E-state index in [1.807, 2.05) is 0 Å². The third kappa shape index (κ3) is 11.6. The van der Waals surface area contributed by atoms with Gasteiger partial charge in [0.1, 0.15) is 5.75 Å². The topological polar surface area (TPSA) is 9.23 Å². The standard InChI is InChI=1S/C25H44O/c1-4-7-10-11-12-13-14-15-18-24(17-9-6-3)26-25-21-19-23(20-22-25)16-8-5-2/h19-22,24H,4-18H2,1-3H3. The molecule has 0 aliphatic carbocycles. The number of aryl methyl sites for hydroxylation is 1. The molecule has 1 rings (SSSR count). The van der Waals surface area contributed by atoms with Crippen LogP contribution < -0.4 is 4.74 Å². The molecule has 0 radical (unpaired) electrons. The van der Waals surface area contributed by atoms with Crippen molar-refractivity contribution >= 4 is 0 Å². The molecule has 0 fully saturated rings. The zero-order valence-corrected chi connectivity index (χ0v) is 17.9. The van der Waals surface area contributed by atoms with Crippen LogP contribution in [0.3, 0.4) is 0 Å². The predicted molar refractivity (Wildman–Crippen MR) is 116 cm³/mol. The Kier molecular flexibility index (Phi) is 14.4. The Bertz CT molecular complexity index is 409. The number of unbranched alkanes of at least 4 members (excludes halogenated alkanes) is 9. The number of hydrogen-bond acceptors (Lipinski definition) is 1. The van der Waals surface area contributed by atoms with E-state index in [0.29, 0.717) is 6.10 Å². The molecule has 1 nitrogen and oxygen atoms in total. The second-order valence-electron chi connectivity index (χ2n) is 7.89. The Balaban J connectivity index is 2.29. The molecule has 0 spiro atoms. The number of ether oxygens (including phenoxy) is 1. The lowest BCUT2D eigenvalue weighted by molar-refractivity contribution is 0.173. The van der Waals surface area contributed by atoms with E-state index in [0.717, 1.165) is 5.75 Å². The van der Waals surface area contributed by atoms with Crippen molar-refractivity contribution in [2.45, 2.75) is 123 Å². The molecule has 0 saturated carbocycles. The van der Waals surface area contributed by atoms with Crippen molar-refractivity contribution in [2.75, 3.05) is 0 Å². The van der Waals surface area contributed by atoms with Gasteiger partial charge in [0.15, 0.2) is 0 Å². The molecular weight excluding hydrogens is 316 g/mol. The van der Waals surface area contributed by atoms with Gasteiger partial charge in [-0.1, -0.05) is 97.1 Å². The number of hydrogen-bond donors (Lipinski definition) is 0. The van der Waals surface area contributed by atoms with E-state index in [4.69, 9.17) is 4.74 Å². The monoisotopic (exact) mass is 360 g/mol. The second kappa shape index (κ2) is 16.2. The Labute approximate surface area is 163 Å². The maximum atomic E-state index is 6.34. The van der Waals surface area contributed by atoms with E-state index in [-0.39, 0.29) is 0 Å². The molecule has 1 atom stereocenters. The van der Waals surface area contributed by atoms with Crippen molar-refractivity contribution in [1.29, 1.82) is 0 Å². The van der Waals surface area contributed by atoms with E-state index in [1.54, 1.807) is 0 Å². The molecule has 0 bridgehead atoms. The first-order valence-corrected chi connectivity index (χ1v) is 11.6. The first-order valence-electron chi connectivity index (χ1n) is 11.6. The predicted octanol–water partition coefficient (Wildman–Crippen LogP) is 8.50. The van der Waals surface area contributed by atoms with Crippen LogP contribution in [0.25, 0.3) is 0 Å². The van der Waals surface area contributed by atoms with Crippen LogP contribution in [0, 0.1) is 0 Å². The summed E-state index contributed by atoms with van der Waals surface area (Å²) in [6, 6.07) is 8.85. The minimum absolute atomic E-state index is 0.400. The lowest BCUT2D eigenvalue weighted by atomic mass is 10.0. The van der Waals surface area contributed by atoms with Crippen LogP contribution >= 0.6 is 0 Å². The average Bonchev–Trinajstić information content (AvgIpc) is 2.67. The highest BCUT2D eigenvalue weighted by Crippen LogP contribution is 2.21. The van der Waals surface area contributed by atoms with Crippen LogP contribution in [0.5, 0.6) is 5.75 Å². The van der Waals surface area contributed by atoms with E-state index in [1.165, 1.54) is 102 Å². The van der Waals surface area contributed by atoms with Crippen LogP contribution in [0.1, 0.15) is 116 Å². The molecule has 1 unspecified atom stereocenters. The van der Waals surface area contributed by atoms with Gasteiger partial charge in [-0.3, -0.25) is 0 Å². The van der Waals surface area contributed by atoms with Gasteiger partial charge in [-0.2, -0.15) is 0 Å². The maximum Gasteiger partial charge on any atom is 0.119 e. The van der Waals surface area contributed by atoms with Gasteiger partial charge in [-0.25, -0.2) is 0 Å². The number of rotatable bonds is 17. The highest BCUT2D eigenvalue weighted by Gasteiger charge is 2.10. The first kappa shape index (κ1) is 23.1. The fourth-order valence-electron chi connectivity index (χ4n) is 3.51. The maximum absolute atomic E-state index is 6.34. The summed E-state index contributed by atoms with van der Waals surface area (Å²) in [7, 11) is 0. The fourth-order valence-corrected chi connectivity index (χ4v) is 3.51. The van der Waals surface area contributed by atoms with Crippen molar-refractivity contribution in [3.05, 3.63) is 29.8 Å². The molecule has 0 saturated heterocycles. The SMILES string of the molecule is CCCCCCCCCCC(CCCC)Oc1ccc(CCCC)cc1. The first-order chi connectivity index (χ1) is 12.8. The number of benzene rings is 1. The van der Waals surface area contributed by atoms with E-state index in [9.17, 15) is 0 Å². The van der Waals surface area contributed by atoms with Crippen molar-refractivity contribution in [3.63, 3.8) is 0 Å². The lowest BCUT2D eigenvalue weighted by Crippen LogP contribution is -2.16. The van der Waals surface area contributed by atoms with Crippen LogP contribution in [-0.4, -0.2) is 6.10 Å². The molecule has 0 aliphatic heterocycles. The summed E-state index contributed by atoms with van der Waals surface area (Å²) in [6.07, 6.45) is 20.2. The molecule has 0 heterocycles. The quantitative estimate of drug-likeness (QED) is 0.253. The van der Waals surface area contributed by atoms with Crippen LogP contribution in [0.2, 0.25) is 0 Å². The van der Waals surface area contributed by atoms with Gasteiger partial charge < -0.3 is 4.74 Å². The summed E-state index contributed by atoms with van der Waals surface area (Å²) in [5.74, 6) is 1.06. The molecule has 0 aromatic heterocycles. The van der Waals surface area contributed by atoms with E-state index >= 15 is 0 Å². The second-order valence-corrected chi connectivity index (χ2v) is 7.89. The van der Waals surface area contributed by atoms with Crippen molar-refractivity contribution < 1.29 is 4.74 Å². The molecular formula is C25H44O. The fraction of sp³-hybridized carbons (Fsp3) is 0.760. The molecule has 0 N–H and O–H groups in total.